The third kappa shape index (κ3) is 2.96. The van der Waals surface area contributed by atoms with E-state index in [0.717, 1.165) is 6.07 Å². The van der Waals surface area contributed by atoms with Crippen molar-refractivity contribution >= 4 is 11.5 Å². The van der Waals surface area contributed by atoms with E-state index in [9.17, 15) is 15.2 Å². The molecule has 0 amide bonds. The van der Waals surface area contributed by atoms with E-state index in [-0.39, 0.29) is 30.2 Å². The summed E-state index contributed by atoms with van der Waals surface area (Å²) in [6.07, 6.45) is 1.70. The van der Waals surface area contributed by atoms with Crippen LogP contribution in [0.15, 0.2) is 12.3 Å². The van der Waals surface area contributed by atoms with Gasteiger partial charge in [0.25, 0.3) is 0 Å². The number of aromatic nitrogens is 1. The number of rotatable bonds is 4. The number of pyridine rings is 1. The summed E-state index contributed by atoms with van der Waals surface area (Å²) in [5, 5.41) is 32.4. The van der Waals surface area contributed by atoms with Crippen LogP contribution in [0.3, 0.4) is 0 Å². The summed E-state index contributed by atoms with van der Waals surface area (Å²) in [7, 11) is 0. The van der Waals surface area contributed by atoms with Crippen molar-refractivity contribution in [3.63, 3.8) is 0 Å². The van der Waals surface area contributed by atoms with Gasteiger partial charge < -0.3 is 15.2 Å². The van der Waals surface area contributed by atoms with Crippen LogP contribution in [0.5, 0.6) is 0 Å². The minimum atomic E-state index is -1.04. The molecule has 0 bridgehead atoms. The molecule has 0 spiro atoms. The summed E-state index contributed by atoms with van der Waals surface area (Å²) in [6.45, 7) is 0.748. The Hall–Kier alpha value is -2.24. The summed E-state index contributed by atoms with van der Waals surface area (Å²) in [5.41, 5.74) is -1.22. The second kappa shape index (κ2) is 5.17. The highest BCUT2D eigenvalue weighted by molar-refractivity contribution is 5.58. The number of anilines is 1. The van der Waals surface area contributed by atoms with E-state index in [4.69, 9.17) is 10.00 Å². The van der Waals surface area contributed by atoms with Crippen LogP contribution in [0, 0.1) is 21.4 Å². The number of hydrogen-bond acceptors (Lipinski definition) is 7. The van der Waals surface area contributed by atoms with E-state index in [1.54, 1.807) is 6.07 Å². The number of hydrogen-bond donors (Lipinski definition) is 2. The highest BCUT2D eigenvalue weighted by Gasteiger charge is 2.32. The Labute approximate surface area is 108 Å². The van der Waals surface area contributed by atoms with Gasteiger partial charge in [-0.15, -0.1) is 0 Å². The second-order valence-corrected chi connectivity index (χ2v) is 4.34. The van der Waals surface area contributed by atoms with Gasteiger partial charge in [0.1, 0.15) is 11.7 Å². The van der Waals surface area contributed by atoms with Gasteiger partial charge in [0.2, 0.25) is 5.82 Å². The summed E-state index contributed by atoms with van der Waals surface area (Å²) in [6, 6.07) is 2.93. The molecule has 2 heterocycles. The molecule has 1 atom stereocenters. The lowest BCUT2D eigenvalue weighted by atomic mass is 10.0. The van der Waals surface area contributed by atoms with Gasteiger partial charge in [-0.3, -0.25) is 10.1 Å². The zero-order valence-corrected chi connectivity index (χ0v) is 10.00. The number of aliphatic hydroxyl groups is 1. The lowest BCUT2D eigenvalue weighted by Crippen LogP contribution is -2.37. The monoisotopic (exact) mass is 264 g/mol. The molecule has 1 aromatic rings. The van der Waals surface area contributed by atoms with Gasteiger partial charge in [0.05, 0.1) is 17.1 Å². The molecule has 1 aromatic heterocycles. The van der Waals surface area contributed by atoms with Crippen LogP contribution in [0.2, 0.25) is 0 Å². The van der Waals surface area contributed by atoms with Gasteiger partial charge in [-0.05, 0) is 0 Å². The molecular weight excluding hydrogens is 252 g/mol. The maximum atomic E-state index is 10.9. The lowest BCUT2D eigenvalue weighted by molar-refractivity contribution is -0.384. The molecule has 1 unspecified atom stereocenters. The Kier molecular flexibility index (Phi) is 3.59. The Morgan fingerprint density at radius 1 is 1.74 bits per heavy atom. The SMILES string of the molecule is N#Cc1cnc(NCC2(O)CCOC2)c([N+](=O)[O-])c1. The van der Waals surface area contributed by atoms with Crippen molar-refractivity contribution in [3.05, 3.63) is 27.9 Å². The zero-order valence-electron chi connectivity index (χ0n) is 10.00. The van der Waals surface area contributed by atoms with Gasteiger partial charge in [-0.2, -0.15) is 5.26 Å². The molecule has 100 valence electrons. The number of nitriles is 1. The Morgan fingerprint density at radius 3 is 3.11 bits per heavy atom. The Balaban J connectivity index is 2.16. The summed E-state index contributed by atoms with van der Waals surface area (Å²) >= 11 is 0. The number of nitro groups is 1. The lowest BCUT2D eigenvalue weighted by Gasteiger charge is -2.20. The molecule has 8 heteroatoms. The normalized spacial score (nSPS) is 21.9. The summed E-state index contributed by atoms with van der Waals surface area (Å²) < 4.78 is 5.08. The molecule has 2 rings (SSSR count). The van der Waals surface area contributed by atoms with E-state index >= 15 is 0 Å². The molecule has 1 aliphatic rings. The first kappa shape index (κ1) is 13.2. The first-order valence-corrected chi connectivity index (χ1v) is 5.63. The average Bonchev–Trinajstić information content (AvgIpc) is 2.83. The molecule has 0 aromatic carbocycles. The zero-order chi connectivity index (χ0) is 13.9. The molecule has 1 fully saturated rings. The molecule has 8 nitrogen and oxygen atoms in total. The summed E-state index contributed by atoms with van der Waals surface area (Å²) in [4.78, 5) is 14.1. The molecule has 1 aliphatic heterocycles. The third-order valence-corrected chi connectivity index (χ3v) is 2.86. The maximum Gasteiger partial charge on any atom is 0.312 e. The first-order valence-electron chi connectivity index (χ1n) is 5.63. The maximum absolute atomic E-state index is 10.9. The van der Waals surface area contributed by atoms with E-state index in [2.05, 4.69) is 10.3 Å². The van der Waals surface area contributed by atoms with Crippen LogP contribution in [0.1, 0.15) is 12.0 Å². The molecule has 19 heavy (non-hydrogen) atoms. The highest BCUT2D eigenvalue weighted by atomic mass is 16.6. The van der Waals surface area contributed by atoms with E-state index in [1.165, 1.54) is 6.20 Å². The Bertz CT molecular complexity index is 534. The van der Waals surface area contributed by atoms with Crippen molar-refractivity contribution in [1.29, 1.82) is 5.26 Å². The quantitative estimate of drug-likeness (QED) is 0.597. The van der Waals surface area contributed by atoms with Crippen molar-refractivity contribution < 1.29 is 14.8 Å². The molecule has 0 aliphatic carbocycles. The van der Waals surface area contributed by atoms with Crippen LogP contribution in [-0.2, 0) is 4.74 Å². The predicted octanol–water partition coefficient (Wildman–Crippen LogP) is 0.425. The average molecular weight is 264 g/mol. The molecule has 2 N–H and O–H groups in total. The number of ether oxygens (including phenoxy) is 1. The van der Waals surface area contributed by atoms with Gasteiger partial charge in [-0.1, -0.05) is 0 Å². The third-order valence-electron chi connectivity index (χ3n) is 2.86. The van der Waals surface area contributed by atoms with Gasteiger partial charge >= 0.3 is 5.69 Å². The molecule has 1 saturated heterocycles. The van der Waals surface area contributed by atoms with Crippen molar-refractivity contribution in [1.82, 2.24) is 4.98 Å². The van der Waals surface area contributed by atoms with Crippen LogP contribution < -0.4 is 5.32 Å². The Morgan fingerprint density at radius 2 is 2.53 bits per heavy atom. The van der Waals surface area contributed by atoms with Crippen molar-refractivity contribution in [2.45, 2.75) is 12.0 Å². The fourth-order valence-corrected chi connectivity index (χ4v) is 1.77. The van der Waals surface area contributed by atoms with E-state index in [0.29, 0.717) is 13.0 Å². The standard InChI is InChI=1S/C11H12N4O4/c12-4-8-3-9(15(17)18)10(13-5-8)14-6-11(16)1-2-19-7-11/h3,5,16H,1-2,6-7H2,(H,13,14). The van der Waals surface area contributed by atoms with Crippen molar-refractivity contribution in [2.75, 3.05) is 25.1 Å². The fraction of sp³-hybridized carbons (Fsp3) is 0.455. The van der Waals surface area contributed by atoms with Crippen molar-refractivity contribution in [3.8, 4) is 6.07 Å². The highest BCUT2D eigenvalue weighted by Crippen LogP contribution is 2.25. The number of nitrogens with zero attached hydrogens (tertiary/aromatic N) is 3. The second-order valence-electron chi connectivity index (χ2n) is 4.34. The van der Waals surface area contributed by atoms with Gasteiger partial charge in [0, 0.05) is 31.8 Å². The summed E-state index contributed by atoms with van der Waals surface area (Å²) in [5.74, 6) is 0.0318. The van der Waals surface area contributed by atoms with Crippen LogP contribution in [0.4, 0.5) is 11.5 Å². The van der Waals surface area contributed by atoms with Crippen LogP contribution in [0.25, 0.3) is 0 Å². The number of nitrogens with one attached hydrogen (secondary N) is 1. The topological polar surface area (TPSA) is 121 Å². The van der Waals surface area contributed by atoms with E-state index in [1.807, 2.05) is 0 Å². The molecular formula is C11H12N4O4. The van der Waals surface area contributed by atoms with Gasteiger partial charge in [-0.25, -0.2) is 4.98 Å². The van der Waals surface area contributed by atoms with Crippen LogP contribution in [-0.4, -0.2) is 40.4 Å². The first-order chi connectivity index (χ1) is 9.04. The minimum Gasteiger partial charge on any atom is -0.386 e. The van der Waals surface area contributed by atoms with Crippen LogP contribution >= 0.6 is 0 Å². The largest absolute Gasteiger partial charge is 0.386 e. The molecule has 0 saturated carbocycles. The van der Waals surface area contributed by atoms with E-state index < -0.39 is 10.5 Å². The predicted molar refractivity (Wildman–Crippen MR) is 64.5 cm³/mol. The molecule has 0 radical (unpaired) electrons. The smallest absolute Gasteiger partial charge is 0.312 e. The van der Waals surface area contributed by atoms with Crippen molar-refractivity contribution in [2.24, 2.45) is 0 Å². The minimum absolute atomic E-state index is 0.0318. The fourth-order valence-electron chi connectivity index (χ4n) is 1.77. The van der Waals surface area contributed by atoms with Gasteiger partial charge in [0.15, 0.2) is 0 Å².